The Labute approximate surface area is 113 Å². The van der Waals surface area contributed by atoms with Crippen LogP contribution in [0.2, 0.25) is 0 Å². The third-order valence-electron chi connectivity index (χ3n) is 3.69. The van der Waals surface area contributed by atoms with E-state index in [9.17, 15) is 20.4 Å². The number of aliphatic hydroxyl groups excluding tert-OH is 4. The van der Waals surface area contributed by atoms with Gasteiger partial charge in [-0.2, -0.15) is 0 Å². The van der Waals surface area contributed by atoms with Crippen LogP contribution in [-0.2, 0) is 4.74 Å². The maximum Gasteiger partial charge on any atom is 0.195 e. The molecule has 0 aliphatic carbocycles. The average Bonchev–Trinajstić information content (AvgIpc) is 2.41. The van der Waals surface area contributed by atoms with Crippen molar-refractivity contribution in [2.45, 2.75) is 75.7 Å². The summed E-state index contributed by atoms with van der Waals surface area (Å²) in [6, 6.07) is 0. The highest BCUT2D eigenvalue weighted by Gasteiger charge is 2.51. The lowest BCUT2D eigenvalue weighted by atomic mass is 9.89. The monoisotopic (exact) mass is 278 g/mol. The third kappa shape index (κ3) is 4.11. The molecule has 114 valence electrons. The molecular formula is C13H26O6. The zero-order valence-corrected chi connectivity index (χ0v) is 11.4. The smallest absolute Gasteiger partial charge is 0.195 e. The van der Waals surface area contributed by atoms with E-state index < -0.39 is 36.8 Å². The minimum Gasteiger partial charge on any atom is -0.394 e. The van der Waals surface area contributed by atoms with Crippen LogP contribution in [0.25, 0.3) is 0 Å². The van der Waals surface area contributed by atoms with Gasteiger partial charge in [0.25, 0.3) is 0 Å². The van der Waals surface area contributed by atoms with E-state index in [0.717, 1.165) is 25.7 Å². The van der Waals surface area contributed by atoms with E-state index in [1.165, 1.54) is 0 Å². The molecule has 5 N–H and O–H groups in total. The first-order chi connectivity index (χ1) is 8.96. The molecule has 0 radical (unpaired) electrons. The largest absolute Gasteiger partial charge is 0.394 e. The standard InChI is InChI=1S/C13H26O6/c1-2-3-4-5-6-7-13(18)12(17)11(16)10(15)9(8-14)19-13/h9-12,14-18H,2-8H2,1H3/t9-,10-,11+,12-,13?/m1/s1. The second-order valence-corrected chi connectivity index (χ2v) is 5.27. The predicted molar refractivity (Wildman–Crippen MR) is 68.3 cm³/mol. The molecule has 0 amide bonds. The van der Waals surface area contributed by atoms with Crippen molar-refractivity contribution in [1.82, 2.24) is 0 Å². The summed E-state index contributed by atoms with van der Waals surface area (Å²) in [7, 11) is 0. The zero-order valence-electron chi connectivity index (χ0n) is 11.4. The first-order valence-corrected chi connectivity index (χ1v) is 7.01. The maximum absolute atomic E-state index is 10.2. The van der Waals surface area contributed by atoms with Gasteiger partial charge in [0.15, 0.2) is 5.79 Å². The molecule has 6 heteroatoms. The molecule has 0 bridgehead atoms. The number of rotatable bonds is 7. The molecule has 1 rings (SSSR count). The minimum absolute atomic E-state index is 0.165. The number of aliphatic hydroxyl groups is 5. The van der Waals surface area contributed by atoms with Crippen molar-refractivity contribution >= 4 is 0 Å². The molecule has 1 unspecified atom stereocenters. The second kappa shape index (κ2) is 7.52. The fourth-order valence-electron chi connectivity index (χ4n) is 2.41. The van der Waals surface area contributed by atoms with Gasteiger partial charge >= 0.3 is 0 Å². The van der Waals surface area contributed by atoms with Gasteiger partial charge in [0.1, 0.15) is 24.4 Å². The molecule has 1 aliphatic rings. The maximum atomic E-state index is 10.2. The molecular weight excluding hydrogens is 252 g/mol. The van der Waals surface area contributed by atoms with Crippen LogP contribution in [0.5, 0.6) is 0 Å². The molecule has 1 fully saturated rings. The fourth-order valence-corrected chi connectivity index (χ4v) is 2.41. The van der Waals surface area contributed by atoms with Crippen LogP contribution in [0, 0.1) is 0 Å². The molecule has 1 aliphatic heterocycles. The lowest BCUT2D eigenvalue weighted by molar-refractivity contribution is -0.351. The lowest BCUT2D eigenvalue weighted by Crippen LogP contribution is -2.65. The first kappa shape index (κ1) is 16.8. The zero-order chi connectivity index (χ0) is 14.5. The van der Waals surface area contributed by atoms with Gasteiger partial charge in [-0.25, -0.2) is 0 Å². The quantitative estimate of drug-likeness (QED) is 0.402. The minimum atomic E-state index is -1.90. The highest BCUT2D eigenvalue weighted by Crippen LogP contribution is 2.32. The summed E-state index contributed by atoms with van der Waals surface area (Å²) in [4.78, 5) is 0. The second-order valence-electron chi connectivity index (χ2n) is 5.27. The van der Waals surface area contributed by atoms with Crippen molar-refractivity contribution < 1.29 is 30.3 Å². The summed E-state index contributed by atoms with van der Waals surface area (Å²) in [6.07, 6.45) is -0.607. The fraction of sp³-hybridized carbons (Fsp3) is 1.00. The van der Waals surface area contributed by atoms with Gasteiger partial charge in [-0.1, -0.05) is 32.6 Å². The summed E-state index contributed by atoms with van der Waals surface area (Å²) in [5.74, 6) is -1.90. The number of hydrogen-bond acceptors (Lipinski definition) is 6. The van der Waals surface area contributed by atoms with E-state index in [-0.39, 0.29) is 6.42 Å². The summed E-state index contributed by atoms with van der Waals surface area (Å²) >= 11 is 0. The Balaban J connectivity index is 2.52. The van der Waals surface area contributed by atoms with E-state index in [2.05, 4.69) is 6.92 Å². The van der Waals surface area contributed by atoms with Crippen LogP contribution in [0.15, 0.2) is 0 Å². The topological polar surface area (TPSA) is 110 Å². The molecule has 5 atom stereocenters. The Morgan fingerprint density at radius 2 is 1.63 bits per heavy atom. The Morgan fingerprint density at radius 3 is 2.21 bits per heavy atom. The van der Waals surface area contributed by atoms with Crippen molar-refractivity contribution in [3.8, 4) is 0 Å². The Kier molecular flexibility index (Phi) is 6.65. The molecule has 0 saturated carbocycles. The van der Waals surface area contributed by atoms with Gasteiger partial charge in [0, 0.05) is 6.42 Å². The summed E-state index contributed by atoms with van der Waals surface area (Å²) in [5.41, 5.74) is 0. The molecule has 0 aromatic carbocycles. The molecule has 19 heavy (non-hydrogen) atoms. The lowest BCUT2D eigenvalue weighted by Gasteiger charge is -2.45. The Morgan fingerprint density at radius 1 is 1.00 bits per heavy atom. The van der Waals surface area contributed by atoms with Crippen LogP contribution in [0.3, 0.4) is 0 Å². The number of hydrogen-bond donors (Lipinski definition) is 5. The summed E-state index contributed by atoms with van der Waals surface area (Å²) in [5, 5.41) is 48.3. The Hall–Kier alpha value is -0.240. The van der Waals surface area contributed by atoms with Crippen molar-refractivity contribution in [2.75, 3.05) is 6.61 Å². The molecule has 1 heterocycles. The van der Waals surface area contributed by atoms with Crippen molar-refractivity contribution in [3.05, 3.63) is 0 Å². The van der Waals surface area contributed by atoms with Crippen LogP contribution < -0.4 is 0 Å². The van der Waals surface area contributed by atoms with Crippen molar-refractivity contribution in [2.24, 2.45) is 0 Å². The normalized spacial score (nSPS) is 39.5. The summed E-state index contributed by atoms with van der Waals surface area (Å²) in [6.45, 7) is 1.58. The van der Waals surface area contributed by atoms with E-state index in [0.29, 0.717) is 6.42 Å². The van der Waals surface area contributed by atoms with Crippen LogP contribution in [-0.4, -0.2) is 62.3 Å². The van der Waals surface area contributed by atoms with Gasteiger partial charge in [0.05, 0.1) is 6.61 Å². The SMILES string of the molecule is CCCCCCCC1(O)O[C@H](CO)[C@@H](O)[C@H](O)[C@H]1O. The van der Waals surface area contributed by atoms with Crippen LogP contribution in [0.4, 0.5) is 0 Å². The van der Waals surface area contributed by atoms with Gasteiger partial charge in [-0.3, -0.25) is 0 Å². The van der Waals surface area contributed by atoms with Crippen molar-refractivity contribution in [1.29, 1.82) is 0 Å². The average molecular weight is 278 g/mol. The number of unbranched alkanes of at least 4 members (excludes halogenated alkanes) is 4. The highest BCUT2D eigenvalue weighted by molar-refractivity contribution is 4.95. The Bertz CT molecular complexity index is 260. The molecule has 1 saturated heterocycles. The van der Waals surface area contributed by atoms with E-state index in [4.69, 9.17) is 9.84 Å². The predicted octanol–water partition coefficient (Wildman–Crippen LogP) is -0.491. The van der Waals surface area contributed by atoms with Gasteiger partial charge in [-0.05, 0) is 6.42 Å². The van der Waals surface area contributed by atoms with E-state index in [1.54, 1.807) is 0 Å². The first-order valence-electron chi connectivity index (χ1n) is 7.01. The van der Waals surface area contributed by atoms with Gasteiger partial charge in [0.2, 0.25) is 0 Å². The van der Waals surface area contributed by atoms with Crippen molar-refractivity contribution in [3.63, 3.8) is 0 Å². The van der Waals surface area contributed by atoms with Gasteiger partial charge in [-0.15, -0.1) is 0 Å². The molecule has 6 nitrogen and oxygen atoms in total. The summed E-state index contributed by atoms with van der Waals surface area (Å²) < 4.78 is 5.17. The molecule has 0 spiro atoms. The number of ether oxygens (including phenoxy) is 1. The highest BCUT2D eigenvalue weighted by atomic mass is 16.7. The van der Waals surface area contributed by atoms with Crippen LogP contribution >= 0.6 is 0 Å². The molecule has 0 aromatic rings. The molecule has 0 aromatic heterocycles. The third-order valence-corrected chi connectivity index (χ3v) is 3.69. The van der Waals surface area contributed by atoms with Gasteiger partial charge < -0.3 is 30.3 Å². The van der Waals surface area contributed by atoms with Crippen LogP contribution in [0.1, 0.15) is 45.4 Å². The van der Waals surface area contributed by atoms with E-state index >= 15 is 0 Å². The van der Waals surface area contributed by atoms with E-state index in [1.807, 2.05) is 0 Å².